The third-order valence-electron chi connectivity index (χ3n) is 4.32. The number of fused-ring (bicyclic) bond motifs is 1. The first-order valence-corrected chi connectivity index (χ1v) is 8.27. The fourth-order valence-electron chi connectivity index (χ4n) is 3.03. The topological polar surface area (TPSA) is 33.2 Å². The maximum atomic E-state index is 12.2. The van der Waals surface area contributed by atoms with E-state index in [1.54, 1.807) is 11.3 Å². The van der Waals surface area contributed by atoms with Crippen molar-refractivity contribution in [3.8, 4) is 0 Å². The number of benzene rings is 1. The number of aromatic nitrogens is 1. The summed E-state index contributed by atoms with van der Waals surface area (Å²) in [6, 6.07) is 8.31. The zero-order valence-corrected chi connectivity index (χ0v) is 12.2. The standard InChI is InChI=1S/C16H18N2OS/c19-16(11-7-8-11)18-9-3-4-12(10-18)15-17-13-5-1-2-6-14(13)20-15/h1-2,5-6,11-12H,3-4,7-10H2. The number of para-hydroxylation sites is 1. The van der Waals surface area contributed by atoms with E-state index in [1.807, 2.05) is 6.07 Å². The van der Waals surface area contributed by atoms with Gasteiger partial charge >= 0.3 is 0 Å². The third kappa shape index (κ3) is 2.22. The lowest BCUT2D eigenvalue weighted by Crippen LogP contribution is -2.39. The summed E-state index contributed by atoms with van der Waals surface area (Å²) < 4.78 is 1.26. The van der Waals surface area contributed by atoms with Gasteiger partial charge in [-0.2, -0.15) is 0 Å². The minimum atomic E-state index is 0.337. The first-order chi connectivity index (χ1) is 9.81. The van der Waals surface area contributed by atoms with Crippen LogP contribution in [0.5, 0.6) is 0 Å². The van der Waals surface area contributed by atoms with Gasteiger partial charge in [0.2, 0.25) is 5.91 Å². The summed E-state index contributed by atoms with van der Waals surface area (Å²) in [6.07, 6.45) is 4.47. The van der Waals surface area contributed by atoms with Gasteiger partial charge in [-0.15, -0.1) is 11.3 Å². The quantitative estimate of drug-likeness (QED) is 0.847. The van der Waals surface area contributed by atoms with E-state index in [-0.39, 0.29) is 0 Å². The summed E-state index contributed by atoms with van der Waals surface area (Å²) in [5.41, 5.74) is 1.10. The molecule has 0 radical (unpaired) electrons. The molecular weight excluding hydrogens is 268 g/mol. The van der Waals surface area contributed by atoms with Crippen LogP contribution in [-0.2, 0) is 4.79 Å². The molecule has 1 aromatic carbocycles. The lowest BCUT2D eigenvalue weighted by Gasteiger charge is -2.32. The van der Waals surface area contributed by atoms with Crippen LogP contribution in [0.4, 0.5) is 0 Å². The highest BCUT2D eigenvalue weighted by molar-refractivity contribution is 7.18. The van der Waals surface area contributed by atoms with Gasteiger partial charge in [-0.3, -0.25) is 4.79 Å². The first-order valence-electron chi connectivity index (χ1n) is 7.45. The number of carbonyl (C=O) groups excluding carboxylic acids is 1. The van der Waals surface area contributed by atoms with E-state index >= 15 is 0 Å². The van der Waals surface area contributed by atoms with Gasteiger partial charge in [0.05, 0.1) is 15.2 Å². The van der Waals surface area contributed by atoms with Crippen LogP contribution in [0.1, 0.15) is 36.6 Å². The van der Waals surface area contributed by atoms with Crippen molar-refractivity contribution in [3.05, 3.63) is 29.3 Å². The second-order valence-electron chi connectivity index (χ2n) is 5.92. The molecule has 1 atom stereocenters. The van der Waals surface area contributed by atoms with Gasteiger partial charge in [-0.1, -0.05) is 12.1 Å². The molecule has 1 aliphatic carbocycles. The fourth-order valence-corrected chi connectivity index (χ4v) is 4.13. The lowest BCUT2D eigenvalue weighted by atomic mass is 9.98. The number of hydrogen-bond donors (Lipinski definition) is 0. The molecule has 1 amide bonds. The molecule has 20 heavy (non-hydrogen) atoms. The second kappa shape index (κ2) is 4.85. The second-order valence-corrected chi connectivity index (χ2v) is 6.98. The minimum Gasteiger partial charge on any atom is -0.342 e. The van der Waals surface area contributed by atoms with Crippen LogP contribution < -0.4 is 0 Å². The Hall–Kier alpha value is -1.42. The Morgan fingerprint density at radius 2 is 2.10 bits per heavy atom. The molecule has 4 rings (SSSR count). The zero-order chi connectivity index (χ0) is 13.5. The Morgan fingerprint density at radius 1 is 1.25 bits per heavy atom. The van der Waals surface area contributed by atoms with Crippen molar-refractivity contribution < 1.29 is 4.79 Å². The van der Waals surface area contributed by atoms with Crippen molar-refractivity contribution in [1.82, 2.24) is 9.88 Å². The van der Waals surface area contributed by atoms with Gasteiger partial charge < -0.3 is 4.90 Å². The molecule has 1 saturated carbocycles. The summed E-state index contributed by atoms with van der Waals surface area (Å²) in [5, 5.41) is 1.21. The molecule has 2 heterocycles. The molecule has 2 aliphatic rings. The average Bonchev–Trinajstić information content (AvgIpc) is 3.25. The minimum absolute atomic E-state index is 0.337. The van der Waals surface area contributed by atoms with E-state index in [9.17, 15) is 4.79 Å². The van der Waals surface area contributed by atoms with Crippen molar-refractivity contribution >= 4 is 27.5 Å². The summed E-state index contributed by atoms with van der Waals surface area (Å²) in [4.78, 5) is 19.1. The molecule has 0 N–H and O–H groups in total. The number of rotatable bonds is 2. The SMILES string of the molecule is O=C(C1CC1)N1CCCC(c2nc3ccccc3s2)C1. The molecule has 1 aliphatic heterocycles. The maximum absolute atomic E-state index is 12.2. The Morgan fingerprint density at radius 3 is 2.90 bits per heavy atom. The molecule has 1 aromatic heterocycles. The highest BCUT2D eigenvalue weighted by Crippen LogP contribution is 2.36. The van der Waals surface area contributed by atoms with Crippen molar-refractivity contribution in [2.24, 2.45) is 5.92 Å². The monoisotopic (exact) mass is 286 g/mol. The number of thiazole rings is 1. The Labute approximate surface area is 122 Å². The maximum Gasteiger partial charge on any atom is 0.225 e. The van der Waals surface area contributed by atoms with Gasteiger partial charge in [0.25, 0.3) is 0 Å². The highest BCUT2D eigenvalue weighted by atomic mass is 32.1. The molecule has 2 aromatic rings. The van der Waals surface area contributed by atoms with Gasteiger partial charge in [0.15, 0.2) is 0 Å². The molecule has 0 bridgehead atoms. The van der Waals surface area contributed by atoms with E-state index in [4.69, 9.17) is 4.98 Å². The Balaban J connectivity index is 1.56. The van der Waals surface area contributed by atoms with Crippen LogP contribution in [0, 0.1) is 5.92 Å². The van der Waals surface area contributed by atoms with Crippen molar-refractivity contribution in [2.75, 3.05) is 13.1 Å². The van der Waals surface area contributed by atoms with Crippen molar-refractivity contribution in [2.45, 2.75) is 31.6 Å². The highest BCUT2D eigenvalue weighted by Gasteiger charge is 2.36. The molecular formula is C16H18N2OS. The van der Waals surface area contributed by atoms with E-state index in [0.717, 1.165) is 44.3 Å². The van der Waals surface area contributed by atoms with E-state index < -0.39 is 0 Å². The lowest BCUT2D eigenvalue weighted by molar-refractivity contribution is -0.133. The zero-order valence-electron chi connectivity index (χ0n) is 11.4. The molecule has 1 unspecified atom stereocenters. The number of piperidine rings is 1. The molecule has 1 saturated heterocycles. The van der Waals surface area contributed by atoms with Crippen LogP contribution in [0.25, 0.3) is 10.2 Å². The Kier molecular flexibility index (Phi) is 2.99. The molecule has 0 spiro atoms. The van der Waals surface area contributed by atoms with Gasteiger partial charge in [-0.25, -0.2) is 4.98 Å². The predicted octanol–water partition coefficient (Wildman–Crippen LogP) is 3.41. The number of carbonyl (C=O) groups is 1. The van der Waals surface area contributed by atoms with E-state index in [2.05, 4.69) is 23.1 Å². The molecule has 4 heteroatoms. The molecule has 104 valence electrons. The normalized spacial score (nSPS) is 23.2. The van der Waals surface area contributed by atoms with E-state index in [1.165, 1.54) is 9.71 Å². The van der Waals surface area contributed by atoms with E-state index in [0.29, 0.717) is 17.7 Å². The van der Waals surface area contributed by atoms with Gasteiger partial charge in [0.1, 0.15) is 0 Å². The van der Waals surface area contributed by atoms with Crippen LogP contribution in [0.15, 0.2) is 24.3 Å². The van der Waals surface area contributed by atoms with Crippen LogP contribution >= 0.6 is 11.3 Å². The fraction of sp³-hybridized carbons (Fsp3) is 0.500. The molecule has 3 nitrogen and oxygen atoms in total. The van der Waals surface area contributed by atoms with Crippen molar-refractivity contribution in [1.29, 1.82) is 0 Å². The largest absolute Gasteiger partial charge is 0.342 e. The van der Waals surface area contributed by atoms with Crippen LogP contribution in [0.3, 0.4) is 0 Å². The van der Waals surface area contributed by atoms with Gasteiger partial charge in [0, 0.05) is 24.9 Å². The number of hydrogen-bond acceptors (Lipinski definition) is 3. The van der Waals surface area contributed by atoms with Gasteiger partial charge in [-0.05, 0) is 37.8 Å². The first kappa shape index (κ1) is 12.3. The predicted molar refractivity (Wildman–Crippen MR) is 80.9 cm³/mol. The summed E-state index contributed by atoms with van der Waals surface area (Å²) in [5.74, 6) is 1.16. The smallest absolute Gasteiger partial charge is 0.225 e. The number of nitrogens with zero attached hydrogens (tertiary/aromatic N) is 2. The summed E-state index contributed by atoms with van der Waals surface area (Å²) in [7, 11) is 0. The molecule has 2 fully saturated rings. The summed E-state index contributed by atoms with van der Waals surface area (Å²) in [6.45, 7) is 1.81. The summed E-state index contributed by atoms with van der Waals surface area (Å²) >= 11 is 1.79. The number of likely N-dealkylation sites (tertiary alicyclic amines) is 1. The van der Waals surface area contributed by atoms with Crippen molar-refractivity contribution in [3.63, 3.8) is 0 Å². The average molecular weight is 286 g/mol. The van der Waals surface area contributed by atoms with Crippen LogP contribution in [0.2, 0.25) is 0 Å². The Bertz CT molecular complexity index is 614. The third-order valence-corrected chi connectivity index (χ3v) is 5.52. The van der Waals surface area contributed by atoms with Crippen LogP contribution in [-0.4, -0.2) is 28.9 Å². The number of amides is 1.